The molecular weight excluding hydrogens is 389 g/mol. The van der Waals surface area contributed by atoms with E-state index in [0.29, 0.717) is 0 Å². The normalized spacial score (nSPS) is 10.0. The van der Waals surface area contributed by atoms with Crippen molar-refractivity contribution in [2.24, 2.45) is 7.05 Å². The summed E-state index contributed by atoms with van der Waals surface area (Å²) in [7, 11) is 1.36. The fraction of sp³-hybridized carbons (Fsp3) is 0.133. The monoisotopic (exact) mass is 399 g/mol. The van der Waals surface area contributed by atoms with Crippen molar-refractivity contribution in [3.8, 4) is 17.0 Å². The zero-order valence-electron chi connectivity index (χ0n) is 11.7. The fourth-order valence-electron chi connectivity index (χ4n) is 1.81. The second-order valence-electron chi connectivity index (χ2n) is 4.21. The zero-order valence-corrected chi connectivity index (χ0v) is 15.3. The molecule has 22 heavy (non-hydrogen) atoms. The van der Waals surface area contributed by atoms with Gasteiger partial charge >= 0.3 is 0 Å². The molecule has 0 aliphatic heterocycles. The van der Waals surface area contributed by atoms with Crippen LogP contribution >= 0.6 is 11.6 Å². The van der Waals surface area contributed by atoms with Gasteiger partial charge in [-0.25, -0.2) is 8.78 Å². The summed E-state index contributed by atoms with van der Waals surface area (Å²) < 4.78 is 34.4. The van der Waals surface area contributed by atoms with E-state index in [4.69, 9.17) is 16.3 Å². The van der Waals surface area contributed by atoms with Gasteiger partial charge in [-0.05, 0) is 5.56 Å². The smallest absolute Gasteiger partial charge is 0.212 e. The van der Waals surface area contributed by atoms with Crippen molar-refractivity contribution in [3.05, 3.63) is 63.9 Å². The first-order chi connectivity index (χ1) is 9.95. The topological polar surface area (TPSA) is 31.2 Å². The second-order valence-corrected chi connectivity index (χ2v) is 4.62. The van der Waals surface area contributed by atoms with Crippen molar-refractivity contribution < 1.29 is 46.2 Å². The maximum Gasteiger partial charge on any atom is 0.212 e. The first kappa shape index (κ1) is 19.0. The van der Waals surface area contributed by atoms with Gasteiger partial charge in [0.05, 0.1) is 11.6 Å². The molecule has 0 saturated carbocycles. The van der Waals surface area contributed by atoms with E-state index in [1.165, 1.54) is 19.2 Å². The van der Waals surface area contributed by atoms with Gasteiger partial charge in [-0.2, -0.15) is 23.7 Å². The number of hydrogen-bond acceptors (Lipinski definition) is 2. The van der Waals surface area contributed by atoms with Gasteiger partial charge in [-0.15, -0.1) is 0 Å². The minimum absolute atomic E-state index is 0. The van der Waals surface area contributed by atoms with Crippen molar-refractivity contribution in [2.75, 3.05) is 6.61 Å². The third kappa shape index (κ3) is 3.83. The number of nitrogens with zero attached hydrogens (tertiary/aromatic N) is 1. The molecule has 0 fully saturated rings. The molecule has 7 heteroatoms. The summed E-state index contributed by atoms with van der Waals surface area (Å²) in [4.78, 5) is 11.7. The minimum atomic E-state index is -0.859. The van der Waals surface area contributed by atoms with Crippen LogP contribution in [0.3, 0.4) is 0 Å². The molecule has 0 saturated heterocycles. The molecular formula is C15H11ClF2NO2Y-. The second kappa shape index (κ2) is 8.00. The molecule has 1 heterocycles. The molecule has 0 spiro atoms. The molecule has 0 bridgehead atoms. The Bertz CT molecular complexity index is 739. The molecule has 2 rings (SSSR count). The maximum absolute atomic E-state index is 14.1. The molecule has 0 atom stereocenters. The Morgan fingerprint density at radius 2 is 2.00 bits per heavy atom. The average Bonchev–Trinajstić information content (AvgIpc) is 2.44. The Balaban J connectivity index is 0.00000242. The number of halogens is 3. The first-order valence-electron chi connectivity index (χ1n) is 5.96. The summed E-state index contributed by atoms with van der Waals surface area (Å²) in [6.45, 7) is 3.58. The van der Waals surface area contributed by atoms with Crippen molar-refractivity contribution in [1.29, 1.82) is 0 Å². The number of ether oxygens (including phenoxy) is 1. The Kier molecular flexibility index (Phi) is 6.91. The van der Waals surface area contributed by atoms with E-state index in [0.717, 1.165) is 16.7 Å². The van der Waals surface area contributed by atoms with Crippen molar-refractivity contribution in [2.45, 2.75) is 0 Å². The van der Waals surface area contributed by atoms with Crippen LogP contribution in [0.1, 0.15) is 0 Å². The van der Waals surface area contributed by atoms with E-state index in [9.17, 15) is 13.6 Å². The van der Waals surface area contributed by atoms with E-state index in [2.05, 4.69) is 12.6 Å². The van der Waals surface area contributed by atoms with Crippen LogP contribution < -0.4 is 10.3 Å². The van der Waals surface area contributed by atoms with Crippen LogP contribution in [0, 0.1) is 17.7 Å². The summed E-state index contributed by atoms with van der Waals surface area (Å²) in [6.07, 6.45) is 1.46. The molecule has 1 aromatic heterocycles. The Morgan fingerprint density at radius 3 is 2.55 bits per heavy atom. The number of pyridine rings is 1. The molecule has 3 nitrogen and oxygen atoms in total. The predicted octanol–water partition coefficient (Wildman–Crippen LogP) is 3.35. The molecule has 0 amide bonds. The van der Waals surface area contributed by atoms with Gasteiger partial charge in [0, 0.05) is 56.9 Å². The standard InChI is InChI=1S/C15H11ClF2NO2.Y/c1-3-6-21-9-7-11(17)14(12(18)8-9)13-5-4-10(16)15(20)19(13)2;/h3-4,7-8H,1,6H2,2H3;/q-1;. The summed E-state index contributed by atoms with van der Waals surface area (Å²) in [5.74, 6) is -1.68. The molecule has 1 aromatic carbocycles. The van der Waals surface area contributed by atoms with Crippen LogP contribution in [0.5, 0.6) is 5.75 Å². The summed E-state index contributed by atoms with van der Waals surface area (Å²) in [5, 5.41) is -0.0759. The molecule has 113 valence electrons. The van der Waals surface area contributed by atoms with Gasteiger partial charge < -0.3 is 9.30 Å². The van der Waals surface area contributed by atoms with Crippen LogP contribution in [0.15, 0.2) is 35.6 Å². The largest absolute Gasteiger partial charge is 0.489 e. The van der Waals surface area contributed by atoms with Gasteiger partial charge in [0.1, 0.15) is 12.4 Å². The van der Waals surface area contributed by atoms with Crippen molar-refractivity contribution >= 4 is 11.6 Å². The minimum Gasteiger partial charge on any atom is -0.489 e. The fourth-order valence-corrected chi connectivity index (χ4v) is 1.99. The third-order valence-corrected chi connectivity index (χ3v) is 3.07. The van der Waals surface area contributed by atoms with Gasteiger partial charge in [0.2, 0.25) is 5.56 Å². The molecule has 0 unspecified atom stereocenters. The third-order valence-electron chi connectivity index (χ3n) is 2.80. The Hall–Kier alpha value is -1.04. The summed E-state index contributed by atoms with van der Waals surface area (Å²) >= 11 is 5.65. The summed E-state index contributed by atoms with van der Waals surface area (Å²) in [6, 6.07) is 5.85. The van der Waals surface area contributed by atoms with Crippen LogP contribution in [-0.4, -0.2) is 11.2 Å². The van der Waals surface area contributed by atoms with Crippen LogP contribution in [0.25, 0.3) is 11.3 Å². The summed E-state index contributed by atoms with van der Waals surface area (Å²) in [5.41, 5.74) is -0.955. The van der Waals surface area contributed by atoms with Crippen LogP contribution in [0.2, 0.25) is 5.02 Å². The van der Waals surface area contributed by atoms with Gasteiger partial charge in [0.25, 0.3) is 0 Å². The van der Waals surface area contributed by atoms with E-state index in [-0.39, 0.29) is 61.3 Å². The molecule has 0 aliphatic rings. The quantitative estimate of drug-likeness (QED) is 0.583. The number of rotatable bonds is 4. The number of hydrogen-bond donors (Lipinski definition) is 0. The number of benzene rings is 1. The molecule has 2 aromatic rings. The van der Waals surface area contributed by atoms with Gasteiger partial charge in [-0.3, -0.25) is 4.79 Å². The Morgan fingerprint density at radius 1 is 1.41 bits per heavy atom. The van der Waals surface area contributed by atoms with Crippen LogP contribution in [0.4, 0.5) is 8.78 Å². The van der Waals surface area contributed by atoms with E-state index in [1.807, 2.05) is 0 Å². The zero-order chi connectivity index (χ0) is 15.6. The molecule has 0 aliphatic carbocycles. The number of aromatic nitrogens is 1. The predicted molar refractivity (Wildman–Crippen MR) is 76.6 cm³/mol. The molecule has 1 radical (unpaired) electrons. The maximum atomic E-state index is 14.1. The van der Waals surface area contributed by atoms with Crippen molar-refractivity contribution in [1.82, 2.24) is 4.57 Å². The van der Waals surface area contributed by atoms with E-state index < -0.39 is 17.2 Å². The van der Waals surface area contributed by atoms with Gasteiger partial charge in [0.15, 0.2) is 0 Å². The first-order valence-corrected chi connectivity index (χ1v) is 6.33. The van der Waals surface area contributed by atoms with Gasteiger partial charge in [-0.1, -0.05) is 18.3 Å². The van der Waals surface area contributed by atoms with E-state index in [1.54, 1.807) is 0 Å². The van der Waals surface area contributed by atoms with E-state index >= 15 is 0 Å². The van der Waals surface area contributed by atoms with Crippen LogP contribution in [-0.2, 0) is 39.8 Å². The molecule has 0 N–H and O–H groups in total. The average molecular weight is 400 g/mol. The van der Waals surface area contributed by atoms with Crippen molar-refractivity contribution in [3.63, 3.8) is 0 Å². The Labute approximate surface area is 156 Å². The SMILES string of the molecule is C=CCOc1cc(F)c(-c2[c-]cc(Cl)c(=O)n2C)c(F)c1.[Y].